The smallest absolute Gasteiger partial charge is 0.245 e. The molecule has 1 saturated heterocycles. The average Bonchev–Trinajstić information content (AvgIpc) is 2.87. The van der Waals surface area contributed by atoms with Crippen molar-refractivity contribution >= 4 is 15.7 Å². The van der Waals surface area contributed by atoms with E-state index in [1.165, 1.54) is 22.5 Å². The van der Waals surface area contributed by atoms with Gasteiger partial charge in [-0.1, -0.05) is 19.9 Å². The molecular formula is C14H21FN2O2S. The van der Waals surface area contributed by atoms with Gasteiger partial charge in [-0.25, -0.2) is 12.8 Å². The van der Waals surface area contributed by atoms with E-state index >= 15 is 0 Å². The fourth-order valence-electron chi connectivity index (χ4n) is 2.81. The summed E-state index contributed by atoms with van der Waals surface area (Å²) in [5, 5.41) is 0. The lowest BCUT2D eigenvalue weighted by Crippen LogP contribution is -2.32. The Morgan fingerprint density at radius 1 is 1.35 bits per heavy atom. The molecule has 6 heteroatoms. The van der Waals surface area contributed by atoms with Crippen LogP contribution in [0, 0.1) is 11.2 Å². The minimum Gasteiger partial charge on any atom is -0.395 e. The van der Waals surface area contributed by atoms with E-state index in [0.717, 1.165) is 19.3 Å². The fourth-order valence-corrected chi connectivity index (χ4v) is 4.49. The molecule has 0 bridgehead atoms. The van der Waals surface area contributed by atoms with Crippen LogP contribution < -0.4 is 5.73 Å². The molecule has 0 radical (unpaired) electrons. The van der Waals surface area contributed by atoms with Crippen molar-refractivity contribution in [1.29, 1.82) is 0 Å². The SMILES string of the molecule is CCC1(CC)CCN(S(=O)(=O)c2cccc(F)c2N)C1. The molecule has 1 aromatic rings. The molecule has 1 heterocycles. The Balaban J connectivity index is 2.36. The van der Waals surface area contributed by atoms with E-state index in [2.05, 4.69) is 13.8 Å². The molecule has 0 aromatic heterocycles. The maximum absolute atomic E-state index is 13.5. The van der Waals surface area contributed by atoms with Crippen LogP contribution in [0.5, 0.6) is 0 Å². The van der Waals surface area contributed by atoms with E-state index in [4.69, 9.17) is 5.73 Å². The number of hydrogen-bond acceptors (Lipinski definition) is 3. The van der Waals surface area contributed by atoms with Crippen molar-refractivity contribution < 1.29 is 12.8 Å². The Hall–Kier alpha value is -1.14. The van der Waals surface area contributed by atoms with E-state index in [1.54, 1.807) is 0 Å². The largest absolute Gasteiger partial charge is 0.395 e. The molecule has 0 amide bonds. The first-order valence-electron chi connectivity index (χ1n) is 6.90. The predicted octanol–water partition coefficient (Wildman–Crippen LogP) is 2.61. The molecule has 1 aliphatic rings. The summed E-state index contributed by atoms with van der Waals surface area (Å²) in [4.78, 5) is -0.125. The Labute approximate surface area is 119 Å². The van der Waals surface area contributed by atoms with Crippen LogP contribution in [0.2, 0.25) is 0 Å². The zero-order chi connectivity index (χ0) is 15.0. The van der Waals surface area contributed by atoms with Crippen molar-refractivity contribution in [2.24, 2.45) is 5.41 Å². The number of nitrogen functional groups attached to an aromatic ring is 1. The van der Waals surface area contributed by atoms with Crippen molar-refractivity contribution in [3.8, 4) is 0 Å². The fraction of sp³-hybridized carbons (Fsp3) is 0.571. The zero-order valence-electron chi connectivity index (χ0n) is 11.9. The van der Waals surface area contributed by atoms with Crippen LogP contribution in [0.1, 0.15) is 33.1 Å². The minimum absolute atomic E-state index is 0.0369. The van der Waals surface area contributed by atoms with Gasteiger partial charge in [0.05, 0.1) is 5.69 Å². The quantitative estimate of drug-likeness (QED) is 0.869. The monoisotopic (exact) mass is 300 g/mol. The van der Waals surface area contributed by atoms with Gasteiger partial charge in [0.1, 0.15) is 10.7 Å². The van der Waals surface area contributed by atoms with Gasteiger partial charge in [-0.05, 0) is 36.8 Å². The number of rotatable bonds is 4. The van der Waals surface area contributed by atoms with Crippen molar-refractivity contribution in [3.63, 3.8) is 0 Å². The first-order valence-corrected chi connectivity index (χ1v) is 8.34. The zero-order valence-corrected chi connectivity index (χ0v) is 12.7. The van der Waals surface area contributed by atoms with Crippen LogP contribution in [0.25, 0.3) is 0 Å². The highest BCUT2D eigenvalue weighted by Crippen LogP contribution is 2.40. The van der Waals surface area contributed by atoms with Gasteiger partial charge in [0.2, 0.25) is 10.0 Å². The lowest BCUT2D eigenvalue weighted by atomic mass is 9.82. The second-order valence-corrected chi connectivity index (χ2v) is 7.35. The second-order valence-electron chi connectivity index (χ2n) is 5.45. The molecule has 0 spiro atoms. The highest BCUT2D eigenvalue weighted by molar-refractivity contribution is 7.89. The van der Waals surface area contributed by atoms with Gasteiger partial charge in [0.15, 0.2) is 0 Å². The Morgan fingerprint density at radius 3 is 2.55 bits per heavy atom. The lowest BCUT2D eigenvalue weighted by molar-refractivity contribution is 0.279. The van der Waals surface area contributed by atoms with Gasteiger partial charge in [-0.15, -0.1) is 0 Å². The van der Waals surface area contributed by atoms with Crippen LogP contribution in [0.4, 0.5) is 10.1 Å². The molecule has 0 aliphatic carbocycles. The maximum Gasteiger partial charge on any atom is 0.245 e. The lowest BCUT2D eigenvalue weighted by Gasteiger charge is -2.26. The molecule has 0 atom stereocenters. The molecular weight excluding hydrogens is 279 g/mol. The summed E-state index contributed by atoms with van der Waals surface area (Å²) in [5.74, 6) is -0.692. The van der Waals surface area contributed by atoms with Crippen molar-refractivity contribution in [2.75, 3.05) is 18.8 Å². The number of nitrogens with zero attached hydrogens (tertiary/aromatic N) is 1. The molecule has 0 saturated carbocycles. The van der Waals surface area contributed by atoms with Gasteiger partial charge >= 0.3 is 0 Å². The third-order valence-electron chi connectivity index (χ3n) is 4.53. The summed E-state index contributed by atoms with van der Waals surface area (Å²) in [6.07, 6.45) is 2.72. The minimum atomic E-state index is -3.71. The predicted molar refractivity (Wildman–Crippen MR) is 77.2 cm³/mol. The molecule has 1 aliphatic heterocycles. The van der Waals surface area contributed by atoms with Gasteiger partial charge < -0.3 is 5.73 Å². The van der Waals surface area contributed by atoms with Gasteiger partial charge in [0.25, 0.3) is 0 Å². The molecule has 20 heavy (non-hydrogen) atoms. The van der Waals surface area contributed by atoms with Crippen LogP contribution in [0.15, 0.2) is 23.1 Å². The summed E-state index contributed by atoms with van der Waals surface area (Å²) in [6.45, 7) is 5.12. The number of halogens is 1. The Bertz CT molecular complexity index is 597. The van der Waals surface area contributed by atoms with Gasteiger partial charge in [-0.2, -0.15) is 4.31 Å². The van der Waals surface area contributed by atoms with Crippen LogP contribution in [-0.4, -0.2) is 25.8 Å². The maximum atomic E-state index is 13.5. The molecule has 4 nitrogen and oxygen atoms in total. The number of para-hydroxylation sites is 1. The highest BCUT2D eigenvalue weighted by Gasteiger charge is 2.41. The number of nitrogens with two attached hydrogens (primary N) is 1. The standard InChI is InChI=1S/C14H21FN2O2S/c1-3-14(4-2)8-9-17(10-14)20(18,19)12-7-5-6-11(15)13(12)16/h5-7H,3-4,8-10,16H2,1-2H3. The average molecular weight is 300 g/mol. The first kappa shape index (κ1) is 15.3. The molecule has 0 unspecified atom stereocenters. The van der Waals surface area contributed by atoms with Crippen molar-refractivity contribution in [3.05, 3.63) is 24.0 Å². The normalized spacial score (nSPS) is 19.4. The van der Waals surface area contributed by atoms with Crippen LogP contribution in [-0.2, 0) is 10.0 Å². The number of benzene rings is 1. The number of anilines is 1. The molecule has 1 aromatic carbocycles. The second kappa shape index (κ2) is 5.33. The first-order chi connectivity index (χ1) is 9.36. The Morgan fingerprint density at radius 2 is 2.00 bits per heavy atom. The van der Waals surface area contributed by atoms with Crippen LogP contribution in [0.3, 0.4) is 0 Å². The van der Waals surface area contributed by atoms with E-state index in [9.17, 15) is 12.8 Å². The summed E-state index contributed by atoms with van der Waals surface area (Å²) < 4.78 is 40.1. The molecule has 2 N–H and O–H groups in total. The number of hydrogen-bond donors (Lipinski definition) is 1. The number of sulfonamides is 1. The third-order valence-corrected chi connectivity index (χ3v) is 6.44. The topological polar surface area (TPSA) is 63.4 Å². The van der Waals surface area contributed by atoms with E-state index in [1.807, 2.05) is 0 Å². The van der Waals surface area contributed by atoms with E-state index < -0.39 is 15.8 Å². The summed E-state index contributed by atoms with van der Waals surface area (Å²) in [5.41, 5.74) is 5.33. The molecule has 112 valence electrons. The Kier molecular flexibility index (Phi) is 4.07. The molecule has 2 rings (SSSR count). The third kappa shape index (κ3) is 2.42. The van der Waals surface area contributed by atoms with Crippen molar-refractivity contribution in [2.45, 2.75) is 38.0 Å². The highest BCUT2D eigenvalue weighted by atomic mass is 32.2. The van der Waals surface area contributed by atoms with Gasteiger partial charge in [0, 0.05) is 13.1 Å². The molecule has 1 fully saturated rings. The van der Waals surface area contributed by atoms with E-state index in [0.29, 0.717) is 13.1 Å². The summed E-state index contributed by atoms with van der Waals surface area (Å²) in [7, 11) is -3.71. The summed E-state index contributed by atoms with van der Waals surface area (Å²) in [6, 6.07) is 3.91. The van der Waals surface area contributed by atoms with Crippen molar-refractivity contribution in [1.82, 2.24) is 4.31 Å². The summed E-state index contributed by atoms with van der Waals surface area (Å²) >= 11 is 0. The van der Waals surface area contributed by atoms with E-state index in [-0.39, 0.29) is 16.0 Å². The van der Waals surface area contributed by atoms with Gasteiger partial charge in [-0.3, -0.25) is 0 Å². The van der Waals surface area contributed by atoms with Crippen LogP contribution >= 0.6 is 0 Å².